The maximum Gasteiger partial charge on any atom is 0.335 e. The third-order valence-electron chi connectivity index (χ3n) is 2.84. The smallest absolute Gasteiger partial charge is 0.335 e. The van der Waals surface area contributed by atoms with Crippen LogP contribution < -0.4 is 5.32 Å². The Morgan fingerprint density at radius 1 is 1.15 bits per heavy atom. The molecule has 0 bridgehead atoms. The van der Waals surface area contributed by atoms with Gasteiger partial charge in [0.05, 0.1) is 5.56 Å². The Hall–Kier alpha value is -2.69. The van der Waals surface area contributed by atoms with E-state index in [4.69, 9.17) is 5.11 Å². The molecule has 1 heterocycles. The number of aromatic nitrogens is 1. The summed E-state index contributed by atoms with van der Waals surface area (Å²) in [6.45, 7) is 3.49. The van der Waals surface area contributed by atoms with Crippen LogP contribution in [0.3, 0.4) is 0 Å². The number of carboxylic acid groups (broad SMARTS) is 1. The van der Waals surface area contributed by atoms with E-state index in [-0.39, 0.29) is 11.5 Å². The molecule has 1 aromatic heterocycles. The first-order chi connectivity index (χ1) is 9.47. The molecule has 0 aliphatic heterocycles. The first kappa shape index (κ1) is 13.7. The predicted octanol–water partition coefficient (Wildman–Crippen LogP) is 2.65. The second-order valence-corrected chi connectivity index (χ2v) is 4.45. The lowest BCUT2D eigenvalue weighted by molar-refractivity contribution is 0.0696. The van der Waals surface area contributed by atoms with Crippen LogP contribution in [0, 0.1) is 13.8 Å². The fourth-order valence-corrected chi connectivity index (χ4v) is 1.85. The zero-order chi connectivity index (χ0) is 14.7. The highest BCUT2D eigenvalue weighted by atomic mass is 16.4. The standard InChI is InChI=1S/C15H14N2O3/c1-9-8-11(6-7-12(9)15(19)20)17-14(18)13-5-3-4-10(2)16-13/h3-8H,1-2H3,(H,17,18)(H,19,20). The van der Waals surface area contributed by atoms with Gasteiger partial charge in [-0.25, -0.2) is 9.78 Å². The van der Waals surface area contributed by atoms with Gasteiger partial charge in [0.1, 0.15) is 5.69 Å². The molecule has 2 aromatic rings. The summed E-state index contributed by atoms with van der Waals surface area (Å²) in [5.74, 6) is -1.31. The zero-order valence-corrected chi connectivity index (χ0v) is 11.2. The quantitative estimate of drug-likeness (QED) is 0.898. The number of pyridine rings is 1. The molecule has 1 aromatic carbocycles. The Labute approximate surface area is 116 Å². The predicted molar refractivity (Wildman–Crippen MR) is 75.1 cm³/mol. The number of aryl methyl sites for hydroxylation is 2. The second-order valence-electron chi connectivity index (χ2n) is 4.45. The van der Waals surface area contributed by atoms with Crippen LogP contribution in [0.5, 0.6) is 0 Å². The molecule has 5 nitrogen and oxygen atoms in total. The minimum absolute atomic E-state index is 0.219. The number of amides is 1. The topological polar surface area (TPSA) is 79.3 Å². The first-order valence-electron chi connectivity index (χ1n) is 6.06. The normalized spacial score (nSPS) is 10.1. The highest BCUT2D eigenvalue weighted by molar-refractivity contribution is 6.03. The number of carbonyl (C=O) groups is 2. The fourth-order valence-electron chi connectivity index (χ4n) is 1.85. The minimum Gasteiger partial charge on any atom is -0.478 e. The lowest BCUT2D eigenvalue weighted by atomic mass is 10.1. The van der Waals surface area contributed by atoms with Crippen LogP contribution in [0.2, 0.25) is 0 Å². The number of benzene rings is 1. The van der Waals surface area contributed by atoms with Gasteiger partial charge in [-0.1, -0.05) is 6.07 Å². The summed E-state index contributed by atoms with van der Waals surface area (Å²) < 4.78 is 0. The summed E-state index contributed by atoms with van der Waals surface area (Å²) in [4.78, 5) is 27.1. The van der Waals surface area contributed by atoms with Gasteiger partial charge in [-0.15, -0.1) is 0 Å². The molecule has 0 spiro atoms. The number of rotatable bonds is 3. The minimum atomic E-state index is -0.985. The summed E-state index contributed by atoms with van der Waals surface area (Å²) in [6, 6.07) is 9.84. The van der Waals surface area contributed by atoms with Crippen molar-refractivity contribution in [1.29, 1.82) is 0 Å². The Kier molecular flexibility index (Phi) is 3.79. The Bertz CT molecular complexity index is 681. The van der Waals surface area contributed by atoms with E-state index in [2.05, 4.69) is 10.3 Å². The van der Waals surface area contributed by atoms with Gasteiger partial charge in [-0.3, -0.25) is 4.79 Å². The van der Waals surface area contributed by atoms with Crippen LogP contribution in [-0.2, 0) is 0 Å². The fraction of sp³-hybridized carbons (Fsp3) is 0.133. The van der Waals surface area contributed by atoms with Crippen LogP contribution in [-0.4, -0.2) is 22.0 Å². The number of nitrogens with one attached hydrogen (secondary N) is 1. The molecule has 0 unspecified atom stereocenters. The van der Waals surface area contributed by atoms with E-state index < -0.39 is 5.97 Å². The third kappa shape index (κ3) is 3.00. The van der Waals surface area contributed by atoms with Crippen LogP contribution in [0.1, 0.15) is 32.1 Å². The van der Waals surface area contributed by atoms with Crippen LogP contribution >= 0.6 is 0 Å². The highest BCUT2D eigenvalue weighted by Crippen LogP contribution is 2.16. The molecule has 2 rings (SSSR count). The molecule has 0 saturated carbocycles. The van der Waals surface area contributed by atoms with Crippen LogP contribution in [0.4, 0.5) is 5.69 Å². The third-order valence-corrected chi connectivity index (χ3v) is 2.84. The van der Waals surface area contributed by atoms with E-state index in [1.807, 2.05) is 13.0 Å². The van der Waals surface area contributed by atoms with Gasteiger partial charge >= 0.3 is 5.97 Å². The molecule has 1 amide bonds. The van der Waals surface area contributed by atoms with Crippen molar-refractivity contribution < 1.29 is 14.7 Å². The molecule has 0 fully saturated rings. The molecule has 20 heavy (non-hydrogen) atoms. The maximum atomic E-state index is 12.0. The van der Waals surface area contributed by atoms with Crippen molar-refractivity contribution in [3.8, 4) is 0 Å². The molecule has 102 valence electrons. The summed E-state index contributed by atoms with van der Waals surface area (Å²) in [5.41, 5.74) is 2.44. The van der Waals surface area contributed by atoms with Crippen molar-refractivity contribution >= 4 is 17.6 Å². The summed E-state index contributed by atoms with van der Waals surface area (Å²) in [7, 11) is 0. The number of carbonyl (C=O) groups excluding carboxylic acids is 1. The number of hydrogen-bond donors (Lipinski definition) is 2. The summed E-state index contributed by atoms with van der Waals surface area (Å²) in [5, 5.41) is 11.6. The first-order valence-corrected chi connectivity index (χ1v) is 6.06. The zero-order valence-electron chi connectivity index (χ0n) is 11.2. The average molecular weight is 270 g/mol. The van der Waals surface area contributed by atoms with E-state index >= 15 is 0 Å². The van der Waals surface area contributed by atoms with Gasteiger partial charge in [-0.05, 0) is 49.7 Å². The number of nitrogens with zero attached hydrogens (tertiary/aromatic N) is 1. The number of carboxylic acids is 1. The molecule has 0 saturated heterocycles. The SMILES string of the molecule is Cc1cccc(C(=O)Nc2ccc(C(=O)O)c(C)c2)n1. The summed E-state index contributed by atoms with van der Waals surface area (Å²) in [6.07, 6.45) is 0. The van der Waals surface area contributed by atoms with Gasteiger partial charge in [0, 0.05) is 11.4 Å². The highest BCUT2D eigenvalue weighted by Gasteiger charge is 2.10. The van der Waals surface area contributed by atoms with E-state index in [1.54, 1.807) is 31.2 Å². The van der Waals surface area contributed by atoms with Gasteiger partial charge in [-0.2, -0.15) is 0 Å². The molecule has 0 aliphatic carbocycles. The van der Waals surface area contributed by atoms with E-state index in [0.717, 1.165) is 5.69 Å². The van der Waals surface area contributed by atoms with Crippen molar-refractivity contribution in [2.45, 2.75) is 13.8 Å². The van der Waals surface area contributed by atoms with Crippen molar-refractivity contribution in [3.63, 3.8) is 0 Å². The molecule has 0 radical (unpaired) electrons. The lowest BCUT2D eigenvalue weighted by Crippen LogP contribution is -2.14. The lowest BCUT2D eigenvalue weighted by Gasteiger charge is -2.07. The Balaban J connectivity index is 2.20. The van der Waals surface area contributed by atoms with Crippen LogP contribution in [0.25, 0.3) is 0 Å². The molecular formula is C15H14N2O3. The van der Waals surface area contributed by atoms with E-state index in [9.17, 15) is 9.59 Å². The van der Waals surface area contributed by atoms with E-state index in [0.29, 0.717) is 16.9 Å². The van der Waals surface area contributed by atoms with Crippen molar-refractivity contribution in [1.82, 2.24) is 4.98 Å². The second kappa shape index (κ2) is 5.52. The van der Waals surface area contributed by atoms with Crippen molar-refractivity contribution in [2.24, 2.45) is 0 Å². The molecule has 5 heteroatoms. The van der Waals surface area contributed by atoms with Crippen LogP contribution in [0.15, 0.2) is 36.4 Å². The van der Waals surface area contributed by atoms with E-state index in [1.165, 1.54) is 6.07 Å². The monoisotopic (exact) mass is 270 g/mol. The maximum absolute atomic E-state index is 12.0. The molecule has 0 atom stereocenters. The Morgan fingerprint density at radius 3 is 2.50 bits per heavy atom. The van der Waals surface area contributed by atoms with Crippen molar-refractivity contribution in [3.05, 3.63) is 58.9 Å². The van der Waals surface area contributed by atoms with Gasteiger partial charge in [0.25, 0.3) is 5.91 Å². The molecular weight excluding hydrogens is 256 g/mol. The largest absolute Gasteiger partial charge is 0.478 e. The molecule has 0 aliphatic rings. The average Bonchev–Trinajstić information content (AvgIpc) is 2.38. The Morgan fingerprint density at radius 2 is 1.90 bits per heavy atom. The molecule has 2 N–H and O–H groups in total. The van der Waals surface area contributed by atoms with Gasteiger partial charge in [0.2, 0.25) is 0 Å². The number of anilines is 1. The number of hydrogen-bond acceptors (Lipinski definition) is 3. The summed E-state index contributed by atoms with van der Waals surface area (Å²) >= 11 is 0. The van der Waals surface area contributed by atoms with Gasteiger partial charge in [0.15, 0.2) is 0 Å². The van der Waals surface area contributed by atoms with Crippen molar-refractivity contribution in [2.75, 3.05) is 5.32 Å². The van der Waals surface area contributed by atoms with Gasteiger partial charge < -0.3 is 10.4 Å². The number of aromatic carboxylic acids is 1.